The third-order valence-corrected chi connectivity index (χ3v) is 7.55. The van der Waals surface area contributed by atoms with E-state index in [1.165, 1.54) is 29.4 Å². The molecule has 0 saturated carbocycles. The number of pyridine rings is 1. The number of ether oxygens (including phenoxy) is 1. The lowest BCUT2D eigenvalue weighted by Gasteiger charge is -2.34. The quantitative estimate of drug-likeness (QED) is 0.551. The Kier molecular flexibility index (Phi) is 5.25. The molecule has 0 bridgehead atoms. The Morgan fingerprint density at radius 2 is 1.88 bits per heavy atom. The third-order valence-electron chi connectivity index (χ3n) is 7.55. The second-order valence-electron chi connectivity index (χ2n) is 9.67. The number of aromatic nitrogens is 1. The van der Waals surface area contributed by atoms with Crippen molar-refractivity contribution in [2.75, 3.05) is 31.3 Å². The van der Waals surface area contributed by atoms with E-state index in [1.54, 1.807) is 0 Å². The van der Waals surface area contributed by atoms with Crippen molar-refractivity contribution in [2.45, 2.75) is 51.1 Å². The molecule has 1 saturated heterocycles. The van der Waals surface area contributed by atoms with E-state index in [0.717, 1.165) is 48.7 Å². The SMILES string of the molecule is Cc1ccc2c(C3CCN(CCc4cccc5c4OCC4C(C)N=NN54)CC3)cccc2n1. The molecule has 2 atom stereocenters. The number of fused-ring (bicyclic) bond motifs is 4. The summed E-state index contributed by atoms with van der Waals surface area (Å²) in [5.74, 6) is 1.61. The molecule has 0 amide bonds. The molecule has 2 aromatic carbocycles. The highest BCUT2D eigenvalue weighted by atomic mass is 16.5. The van der Waals surface area contributed by atoms with Gasteiger partial charge in [-0.1, -0.05) is 35.6 Å². The molecular formula is C27H31N5O. The molecule has 1 fully saturated rings. The minimum absolute atomic E-state index is 0.185. The summed E-state index contributed by atoms with van der Waals surface area (Å²) in [6.07, 6.45) is 3.39. The Labute approximate surface area is 195 Å². The van der Waals surface area contributed by atoms with Crippen LogP contribution in [0.1, 0.15) is 42.5 Å². The molecule has 6 heteroatoms. The standard InChI is InChI=1S/C27H31N5O/c1-18-9-10-23-22(6-4-7-24(23)28-18)20-11-14-31(15-12-20)16-13-21-5-3-8-25-27(21)33-17-26-19(2)29-30-32(25)26/h3-10,19-20,26H,11-17H2,1-2H3. The molecule has 0 N–H and O–H groups in total. The Hall–Kier alpha value is -2.99. The molecule has 1 aromatic heterocycles. The summed E-state index contributed by atoms with van der Waals surface area (Å²) in [5.41, 5.74) is 6.01. The van der Waals surface area contributed by atoms with E-state index in [9.17, 15) is 0 Å². The molecule has 4 heterocycles. The van der Waals surface area contributed by atoms with E-state index in [4.69, 9.17) is 9.72 Å². The fraction of sp³-hybridized carbons (Fsp3) is 0.444. The minimum Gasteiger partial charge on any atom is -0.489 e. The summed E-state index contributed by atoms with van der Waals surface area (Å²) in [5, 5.41) is 12.1. The van der Waals surface area contributed by atoms with Gasteiger partial charge in [-0.3, -0.25) is 4.98 Å². The second kappa shape index (κ2) is 8.41. The molecule has 6 nitrogen and oxygen atoms in total. The topological polar surface area (TPSA) is 53.3 Å². The highest BCUT2D eigenvalue weighted by molar-refractivity contribution is 5.83. The van der Waals surface area contributed by atoms with Gasteiger partial charge in [-0.15, -0.1) is 0 Å². The Morgan fingerprint density at radius 1 is 1.03 bits per heavy atom. The van der Waals surface area contributed by atoms with E-state index in [1.807, 2.05) is 0 Å². The fourth-order valence-electron chi connectivity index (χ4n) is 5.59. The van der Waals surface area contributed by atoms with Crippen LogP contribution in [0.15, 0.2) is 58.9 Å². The van der Waals surface area contributed by atoms with Gasteiger partial charge in [0.05, 0.1) is 11.6 Å². The molecule has 3 aliphatic heterocycles. The number of hydrogen-bond donors (Lipinski definition) is 0. The van der Waals surface area contributed by atoms with Crippen LogP contribution in [-0.2, 0) is 6.42 Å². The van der Waals surface area contributed by atoms with E-state index < -0.39 is 0 Å². The minimum atomic E-state index is 0.185. The van der Waals surface area contributed by atoms with Gasteiger partial charge >= 0.3 is 0 Å². The van der Waals surface area contributed by atoms with Crippen molar-refractivity contribution in [1.82, 2.24) is 9.88 Å². The first-order valence-electron chi connectivity index (χ1n) is 12.2. The van der Waals surface area contributed by atoms with Gasteiger partial charge in [0.15, 0.2) is 0 Å². The molecule has 3 aliphatic rings. The van der Waals surface area contributed by atoms with Crippen LogP contribution < -0.4 is 9.75 Å². The van der Waals surface area contributed by atoms with Gasteiger partial charge in [0.2, 0.25) is 0 Å². The first-order chi connectivity index (χ1) is 16.2. The van der Waals surface area contributed by atoms with Crippen LogP contribution in [0.4, 0.5) is 5.69 Å². The van der Waals surface area contributed by atoms with E-state index in [2.05, 4.69) is 82.6 Å². The Morgan fingerprint density at radius 3 is 2.76 bits per heavy atom. The first kappa shape index (κ1) is 20.6. The van der Waals surface area contributed by atoms with Gasteiger partial charge in [-0.05, 0) is 81.4 Å². The smallest absolute Gasteiger partial charge is 0.147 e. The van der Waals surface area contributed by atoms with Crippen molar-refractivity contribution in [1.29, 1.82) is 0 Å². The van der Waals surface area contributed by atoms with Gasteiger partial charge in [0.1, 0.15) is 24.1 Å². The zero-order valence-electron chi connectivity index (χ0n) is 19.4. The number of piperidine rings is 1. The number of hydrogen-bond acceptors (Lipinski definition) is 6. The average Bonchev–Trinajstić information content (AvgIpc) is 3.23. The molecule has 0 spiro atoms. The summed E-state index contributed by atoms with van der Waals surface area (Å²) < 4.78 is 6.22. The highest BCUT2D eigenvalue weighted by Crippen LogP contribution is 2.41. The van der Waals surface area contributed by atoms with Gasteiger partial charge in [0, 0.05) is 17.6 Å². The summed E-state index contributed by atoms with van der Waals surface area (Å²) in [7, 11) is 0. The molecule has 0 radical (unpaired) electrons. The van der Waals surface area contributed by atoms with Crippen LogP contribution in [0.25, 0.3) is 10.9 Å². The summed E-state index contributed by atoms with van der Waals surface area (Å²) in [6, 6.07) is 17.8. The van der Waals surface area contributed by atoms with Crippen molar-refractivity contribution < 1.29 is 4.74 Å². The van der Waals surface area contributed by atoms with Crippen molar-refractivity contribution >= 4 is 16.6 Å². The van der Waals surface area contributed by atoms with Crippen molar-refractivity contribution in [3.63, 3.8) is 0 Å². The summed E-state index contributed by atoms with van der Waals surface area (Å²) in [4.78, 5) is 7.33. The molecule has 0 aliphatic carbocycles. The predicted octanol–water partition coefficient (Wildman–Crippen LogP) is 5.30. The maximum atomic E-state index is 6.22. The van der Waals surface area contributed by atoms with Gasteiger partial charge in [-0.2, -0.15) is 5.11 Å². The number of anilines is 1. The molecule has 170 valence electrons. The fourth-order valence-corrected chi connectivity index (χ4v) is 5.59. The summed E-state index contributed by atoms with van der Waals surface area (Å²) >= 11 is 0. The molecule has 6 rings (SSSR count). The van der Waals surface area contributed by atoms with Gasteiger partial charge in [-0.25, -0.2) is 5.01 Å². The number of benzene rings is 2. The predicted molar refractivity (Wildman–Crippen MR) is 131 cm³/mol. The zero-order valence-corrected chi connectivity index (χ0v) is 19.4. The number of likely N-dealkylation sites (tertiary alicyclic amines) is 1. The third kappa shape index (κ3) is 3.76. The number of para-hydroxylation sites is 1. The maximum absolute atomic E-state index is 6.22. The van der Waals surface area contributed by atoms with Crippen molar-refractivity contribution in [2.24, 2.45) is 10.3 Å². The van der Waals surface area contributed by atoms with Crippen LogP contribution in [-0.4, -0.2) is 48.2 Å². The van der Waals surface area contributed by atoms with E-state index >= 15 is 0 Å². The number of aryl methyl sites for hydroxylation is 1. The average molecular weight is 442 g/mol. The van der Waals surface area contributed by atoms with Gasteiger partial charge < -0.3 is 9.64 Å². The van der Waals surface area contributed by atoms with E-state index in [-0.39, 0.29) is 12.1 Å². The lowest BCUT2D eigenvalue weighted by atomic mass is 9.87. The van der Waals surface area contributed by atoms with Gasteiger partial charge in [0.25, 0.3) is 0 Å². The molecule has 2 unspecified atom stereocenters. The maximum Gasteiger partial charge on any atom is 0.147 e. The van der Waals surface area contributed by atoms with Crippen molar-refractivity contribution in [3.8, 4) is 5.75 Å². The Bertz CT molecular complexity index is 1200. The second-order valence-corrected chi connectivity index (χ2v) is 9.67. The molecule has 33 heavy (non-hydrogen) atoms. The van der Waals surface area contributed by atoms with Crippen molar-refractivity contribution in [3.05, 3.63) is 65.4 Å². The van der Waals surface area contributed by atoms with Crippen LogP contribution in [0.3, 0.4) is 0 Å². The van der Waals surface area contributed by atoms with Crippen LogP contribution >= 0.6 is 0 Å². The lowest BCUT2D eigenvalue weighted by Crippen LogP contribution is -2.42. The first-order valence-corrected chi connectivity index (χ1v) is 12.2. The normalized spacial score (nSPS) is 22.9. The number of rotatable bonds is 4. The number of nitrogens with zero attached hydrogens (tertiary/aromatic N) is 5. The zero-order chi connectivity index (χ0) is 22.4. The van der Waals surface area contributed by atoms with Crippen LogP contribution in [0.5, 0.6) is 5.75 Å². The highest BCUT2D eigenvalue weighted by Gasteiger charge is 2.37. The van der Waals surface area contributed by atoms with E-state index in [0.29, 0.717) is 12.5 Å². The largest absolute Gasteiger partial charge is 0.489 e. The Balaban J connectivity index is 1.11. The van der Waals surface area contributed by atoms with Crippen LogP contribution in [0.2, 0.25) is 0 Å². The summed E-state index contributed by atoms with van der Waals surface area (Å²) in [6.45, 7) is 8.15. The van der Waals surface area contributed by atoms with Crippen LogP contribution in [0, 0.1) is 6.92 Å². The molecule has 3 aromatic rings. The monoisotopic (exact) mass is 441 g/mol. The molecular weight excluding hydrogens is 410 g/mol. The lowest BCUT2D eigenvalue weighted by molar-refractivity contribution is 0.213.